The molecule has 4 heterocycles. The molecule has 0 saturated carbocycles. The number of hydrogen-bond acceptors (Lipinski definition) is 1. The minimum atomic E-state index is 0. The summed E-state index contributed by atoms with van der Waals surface area (Å²) in [5, 5.41) is 0. The summed E-state index contributed by atoms with van der Waals surface area (Å²) in [5.41, 5.74) is 9.59. The van der Waals surface area contributed by atoms with Crippen molar-refractivity contribution >= 4 is 45.5 Å². The van der Waals surface area contributed by atoms with Crippen molar-refractivity contribution in [2.24, 2.45) is 0 Å². The fourth-order valence-electron chi connectivity index (χ4n) is 4.96. The molecule has 0 aliphatic carbocycles. The van der Waals surface area contributed by atoms with Gasteiger partial charge in [-0.05, 0) is 30.3 Å². The predicted molar refractivity (Wildman–Crippen MR) is 152 cm³/mol. The van der Waals surface area contributed by atoms with Crippen LogP contribution in [0.4, 0.5) is 0 Å². The van der Waals surface area contributed by atoms with E-state index in [1.165, 1.54) is 27.9 Å². The van der Waals surface area contributed by atoms with E-state index in [1.807, 2.05) is 67.0 Å². The van der Waals surface area contributed by atoms with E-state index in [2.05, 4.69) is 99.6 Å². The van der Waals surface area contributed by atoms with E-state index in [4.69, 9.17) is 0 Å². The first kappa shape index (κ1) is 26.2. The number of H-pyrrole nitrogens is 1. The summed E-state index contributed by atoms with van der Waals surface area (Å²) in [7, 11) is 0. The predicted octanol–water partition coefficient (Wildman–Crippen LogP) is 6.24. The molecule has 1 N–H and O–H groups in total. The first-order valence-corrected chi connectivity index (χ1v) is 12.4. The molecule has 6 aromatic rings. The van der Waals surface area contributed by atoms with Crippen molar-refractivity contribution in [2.75, 3.05) is 0 Å². The summed E-state index contributed by atoms with van der Waals surface area (Å²) in [6, 6.07) is 47.0. The second kappa shape index (κ2) is 12.4. The molecule has 4 heteroatoms. The smallest absolute Gasteiger partial charge is 0.256 e. The van der Waals surface area contributed by atoms with Crippen LogP contribution in [-0.4, -0.2) is 50.5 Å². The van der Waals surface area contributed by atoms with Crippen molar-refractivity contribution in [2.45, 2.75) is 6.04 Å². The molecule has 7 rings (SSSR count). The molecule has 0 saturated heterocycles. The van der Waals surface area contributed by atoms with Crippen LogP contribution in [0.3, 0.4) is 0 Å². The van der Waals surface area contributed by atoms with E-state index < -0.39 is 0 Å². The number of hydrogen-bond donors (Lipinski definition) is 0. The molecular formula is C34H26N3Sr+3. The van der Waals surface area contributed by atoms with E-state index >= 15 is 0 Å². The molecule has 0 radical (unpaired) electrons. The number of aromatic nitrogens is 3. The SMILES string of the molecule is [Sr+2].[c-]1ccccc1-c1cccc[nH+]1.c1ccc(-c2ccccc2[C@@H]2c3ccccc3-c3cccc[n+]32)nc1. The molecule has 0 spiro atoms. The molecule has 3 aromatic carbocycles. The van der Waals surface area contributed by atoms with Gasteiger partial charge in [0.1, 0.15) is 5.69 Å². The summed E-state index contributed by atoms with van der Waals surface area (Å²) in [5.74, 6) is 0. The third-order valence-corrected chi connectivity index (χ3v) is 6.60. The Morgan fingerprint density at radius 2 is 1.37 bits per heavy atom. The van der Waals surface area contributed by atoms with Gasteiger partial charge in [0.25, 0.3) is 0 Å². The number of rotatable bonds is 3. The number of nitrogens with one attached hydrogen (secondary N) is 1. The van der Waals surface area contributed by atoms with Crippen molar-refractivity contribution in [3.05, 3.63) is 163 Å². The Balaban J connectivity index is 0.000000191. The van der Waals surface area contributed by atoms with Gasteiger partial charge in [0.15, 0.2) is 12.4 Å². The average Bonchev–Trinajstić information content (AvgIpc) is 3.33. The first-order chi connectivity index (χ1) is 18.4. The fourth-order valence-corrected chi connectivity index (χ4v) is 4.96. The molecule has 0 bridgehead atoms. The zero-order chi connectivity index (χ0) is 24.9. The van der Waals surface area contributed by atoms with Crippen molar-refractivity contribution in [3.63, 3.8) is 0 Å². The van der Waals surface area contributed by atoms with Crippen molar-refractivity contribution in [1.82, 2.24) is 4.98 Å². The molecule has 1 aliphatic heterocycles. The van der Waals surface area contributed by atoms with Crippen LogP contribution in [0, 0.1) is 6.07 Å². The van der Waals surface area contributed by atoms with E-state index in [-0.39, 0.29) is 51.5 Å². The third-order valence-electron chi connectivity index (χ3n) is 6.60. The monoisotopic (exact) mass is 564 g/mol. The number of pyridine rings is 3. The summed E-state index contributed by atoms with van der Waals surface area (Å²) >= 11 is 0. The second-order valence-corrected chi connectivity index (χ2v) is 8.84. The van der Waals surface area contributed by atoms with Crippen molar-refractivity contribution in [3.8, 4) is 33.8 Å². The minimum Gasteiger partial charge on any atom is -0.256 e. The van der Waals surface area contributed by atoms with Crippen molar-refractivity contribution in [1.29, 1.82) is 0 Å². The molecule has 0 fully saturated rings. The van der Waals surface area contributed by atoms with Crippen LogP contribution in [0.15, 0.2) is 146 Å². The molecule has 176 valence electrons. The van der Waals surface area contributed by atoms with E-state index in [9.17, 15) is 0 Å². The molecule has 3 nitrogen and oxygen atoms in total. The Morgan fingerprint density at radius 1 is 0.658 bits per heavy atom. The van der Waals surface area contributed by atoms with Gasteiger partial charge in [0.2, 0.25) is 11.7 Å². The van der Waals surface area contributed by atoms with Crippen LogP contribution in [0.1, 0.15) is 17.2 Å². The van der Waals surface area contributed by atoms with Crippen LogP contribution < -0.4 is 9.55 Å². The Bertz CT molecular complexity index is 1540. The van der Waals surface area contributed by atoms with Crippen LogP contribution in [-0.2, 0) is 0 Å². The van der Waals surface area contributed by atoms with Crippen LogP contribution in [0.5, 0.6) is 0 Å². The molecule has 1 atom stereocenters. The normalized spacial score (nSPS) is 12.8. The van der Waals surface area contributed by atoms with Crippen LogP contribution in [0.25, 0.3) is 33.8 Å². The molecule has 38 heavy (non-hydrogen) atoms. The zero-order valence-electron chi connectivity index (χ0n) is 21.0. The van der Waals surface area contributed by atoms with Gasteiger partial charge < -0.3 is 0 Å². The largest absolute Gasteiger partial charge is 2.00 e. The maximum Gasteiger partial charge on any atom is 2.00 e. The Kier molecular flexibility index (Phi) is 8.57. The quantitative estimate of drug-likeness (QED) is 0.142. The number of benzene rings is 3. The summed E-state index contributed by atoms with van der Waals surface area (Å²) in [4.78, 5) is 7.74. The fraction of sp³-hybridized carbons (Fsp3) is 0.0294. The first-order valence-electron chi connectivity index (χ1n) is 12.4. The van der Waals surface area contributed by atoms with Gasteiger partial charge in [-0.15, -0.1) is 30.3 Å². The van der Waals surface area contributed by atoms with E-state index in [0.29, 0.717) is 0 Å². The topological polar surface area (TPSA) is 30.9 Å². The Labute approximate surface area is 260 Å². The van der Waals surface area contributed by atoms with Gasteiger partial charge >= 0.3 is 45.5 Å². The van der Waals surface area contributed by atoms with E-state index in [1.54, 1.807) is 0 Å². The van der Waals surface area contributed by atoms with Gasteiger partial charge in [-0.3, -0.25) is 9.97 Å². The average molecular weight is 564 g/mol. The van der Waals surface area contributed by atoms with Gasteiger partial charge in [-0.25, -0.2) is 0 Å². The molecule has 1 aliphatic rings. The molecule has 0 unspecified atom stereocenters. The Hall–Kier alpha value is -3.41. The van der Waals surface area contributed by atoms with Gasteiger partial charge in [0.05, 0.1) is 11.3 Å². The molecule has 0 amide bonds. The second-order valence-electron chi connectivity index (χ2n) is 8.84. The maximum absolute atomic E-state index is 4.58. The molecular weight excluding hydrogens is 538 g/mol. The minimum absolute atomic E-state index is 0. The maximum atomic E-state index is 4.58. The Morgan fingerprint density at radius 3 is 2.11 bits per heavy atom. The van der Waals surface area contributed by atoms with Crippen LogP contribution in [0.2, 0.25) is 0 Å². The van der Waals surface area contributed by atoms with Crippen LogP contribution >= 0.6 is 0 Å². The summed E-state index contributed by atoms with van der Waals surface area (Å²) < 4.78 is 2.37. The van der Waals surface area contributed by atoms with E-state index in [0.717, 1.165) is 17.0 Å². The molecule has 3 aromatic heterocycles. The summed E-state index contributed by atoms with van der Waals surface area (Å²) in [6.45, 7) is 0. The standard InChI is InChI=1S/C23H17N2.C11H8N.Sr/c1-3-11-19(17(9-1)21-13-5-7-15-24-21)23-20-12-4-2-10-18(20)22-14-6-8-16-25(22)23;1-2-6-10(7-3-1)11-8-4-5-9-12-11;/h1-16,23H;1-6,8-9H;/q+1;-1;+2/p+1/t23-;;/m1../s1. The van der Waals surface area contributed by atoms with Gasteiger partial charge in [-0.2, -0.15) is 4.57 Å². The number of nitrogens with zero attached hydrogens (tertiary/aromatic N) is 2. The van der Waals surface area contributed by atoms with Gasteiger partial charge in [-0.1, -0.05) is 60.2 Å². The number of fused-ring (bicyclic) bond motifs is 3. The van der Waals surface area contributed by atoms with Gasteiger partial charge in [0, 0.05) is 41.1 Å². The third kappa shape index (κ3) is 5.40. The zero-order valence-corrected chi connectivity index (χ0v) is 24.5. The number of aromatic amines is 1. The summed E-state index contributed by atoms with van der Waals surface area (Å²) in [6.07, 6.45) is 5.95. The van der Waals surface area contributed by atoms with Crippen molar-refractivity contribution < 1.29 is 9.55 Å².